The molecule has 2 rings (SSSR count). The van der Waals surface area contributed by atoms with E-state index in [1.807, 2.05) is 0 Å². The van der Waals surface area contributed by atoms with E-state index in [2.05, 4.69) is 12.6 Å². The quantitative estimate of drug-likeness (QED) is 0.486. The van der Waals surface area contributed by atoms with Crippen molar-refractivity contribution in [1.82, 2.24) is 4.90 Å². The highest BCUT2D eigenvalue weighted by Gasteiger charge is 2.60. The number of rotatable bonds is 2. The number of amides is 1. The number of hydrogen-bond donors (Lipinski definition) is 3. The number of carboxylic acids is 1. The van der Waals surface area contributed by atoms with Gasteiger partial charge in [-0.25, -0.2) is 4.79 Å². The van der Waals surface area contributed by atoms with Gasteiger partial charge in [-0.05, 0) is 12.3 Å². The average molecular weight is 261 g/mol. The number of thioether (sulfide) groups is 1. The van der Waals surface area contributed by atoms with Crippen molar-refractivity contribution in [1.29, 1.82) is 0 Å². The first kappa shape index (κ1) is 11.8. The lowest BCUT2D eigenvalue weighted by Crippen LogP contribution is -2.63. The van der Waals surface area contributed by atoms with Gasteiger partial charge in [0.1, 0.15) is 0 Å². The molecule has 5 nitrogen and oxygen atoms in total. The summed E-state index contributed by atoms with van der Waals surface area (Å²) in [5.41, 5.74) is 0. The molecule has 0 spiro atoms. The van der Waals surface area contributed by atoms with E-state index in [4.69, 9.17) is 5.11 Å². The Bertz CT molecular complexity index is 382. The normalized spacial score (nSPS) is 37.2. The minimum atomic E-state index is -1.06. The molecule has 2 saturated heterocycles. The van der Waals surface area contributed by atoms with Gasteiger partial charge in [-0.2, -0.15) is 12.6 Å². The third kappa shape index (κ3) is 1.46. The second kappa shape index (κ2) is 3.97. The molecule has 2 fully saturated rings. The molecule has 2 aliphatic heterocycles. The standard InChI is InChI=1S/C9H11NO4S2/c1-3(11)5-7(12)10-6(9(13)14)4(2-15)16-8(5)10/h2-3,5-6,8,11,15H,1H3,(H,13,14)/b4-2+. The molecule has 0 aliphatic carbocycles. The second-order valence-electron chi connectivity index (χ2n) is 3.79. The summed E-state index contributed by atoms with van der Waals surface area (Å²) in [6, 6.07) is -0.935. The Morgan fingerprint density at radius 2 is 2.31 bits per heavy atom. The topological polar surface area (TPSA) is 77.8 Å². The molecule has 4 unspecified atom stereocenters. The van der Waals surface area contributed by atoms with Gasteiger partial charge in [0, 0.05) is 4.91 Å². The average Bonchev–Trinajstić information content (AvgIpc) is 2.51. The van der Waals surface area contributed by atoms with E-state index in [9.17, 15) is 14.7 Å². The van der Waals surface area contributed by atoms with Crippen LogP contribution in [0.15, 0.2) is 10.3 Å². The lowest BCUT2D eigenvalue weighted by atomic mass is 9.91. The highest BCUT2D eigenvalue weighted by atomic mass is 32.2. The molecular formula is C9H11NO4S2. The molecule has 0 aromatic carbocycles. The fourth-order valence-corrected chi connectivity index (χ4v) is 3.88. The van der Waals surface area contributed by atoms with E-state index >= 15 is 0 Å². The lowest BCUT2D eigenvalue weighted by molar-refractivity contribution is -0.165. The minimum Gasteiger partial charge on any atom is -0.479 e. The molecule has 0 aromatic rings. The third-order valence-corrected chi connectivity index (χ3v) is 4.63. The van der Waals surface area contributed by atoms with Crippen molar-refractivity contribution in [3.63, 3.8) is 0 Å². The van der Waals surface area contributed by atoms with Crippen molar-refractivity contribution >= 4 is 36.3 Å². The van der Waals surface area contributed by atoms with E-state index in [0.717, 1.165) is 0 Å². The van der Waals surface area contributed by atoms with Crippen molar-refractivity contribution in [2.24, 2.45) is 5.92 Å². The Morgan fingerprint density at radius 1 is 1.69 bits per heavy atom. The Kier molecular flexibility index (Phi) is 2.93. The molecule has 0 saturated carbocycles. The van der Waals surface area contributed by atoms with Crippen LogP contribution in [0.25, 0.3) is 0 Å². The van der Waals surface area contributed by atoms with Crippen LogP contribution in [0.3, 0.4) is 0 Å². The number of fused-ring (bicyclic) bond motifs is 1. The highest BCUT2D eigenvalue weighted by molar-refractivity contribution is 8.04. The van der Waals surface area contributed by atoms with E-state index in [1.165, 1.54) is 22.1 Å². The molecule has 0 aromatic heterocycles. The number of carbonyl (C=O) groups excluding carboxylic acids is 1. The van der Waals surface area contributed by atoms with Gasteiger partial charge in [-0.15, -0.1) is 11.8 Å². The first-order chi connectivity index (χ1) is 7.49. The summed E-state index contributed by atoms with van der Waals surface area (Å²) in [7, 11) is 0. The maximum atomic E-state index is 11.7. The molecule has 2 N–H and O–H groups in total. The lowest BCUT2D eigenvalue weighted by Gasteiger charge is -2.44. The zero-order valence-electron chi connectivity index (χ0n) is 8.40. The number of thiol groups is 1. The van der Waals surface area contributed by atoms with Crippen LogP contribution in [-0.2, 0) is 9.59 Å². The largest absolute Gasteiger partial charge is 0.479 e. The second-order valence-corrected chi connectivity index (χ2v) is 5.24. The zero-order valence-corrected chi connectivity index (χ0v) is 10.1. The van der Waals surface area contributed by atoms with Gasteiger partial charge in [-0.1, -0.05) is 0 Å². The molecule has 4 atom stereocenters. The number of aliphatic hydroxyl groups excluding tert-OH is 1. The van der Waals surface area contributed by atoms with Crippen LogP contribution in [0.1, 0.15) is 6.92 Å². The smallest absolute Gasteiger partial charge is 0.331 e. The van der Waals surface area contributed by atoms with Crippen LogP contribution in [0.5, 0.6) is 0 Å². The fourth-order valence-electron chi connectivity index (χ4n) is 2.04. The van der Waals surface area contributed by atoms with Crippen LogP contribution in [-0.4, -0.2) is 44.5 Å². The van der Waals surface area contributed by atoms with Crippen LogP contribution in [0.2, 0.25) is 0 Å². The fraction of sp³-hybridized carbons (Fsp3) is 0.556. The van der Waals surface area contributed by atoms with E-state index < -0.39 is 24.0 Å². The van der Waals surface area contributed by atoms with Crippen molar-refractivity contribution in [2.45, 2.75) is 24.4 Å². The minimum absolute atomic E-state index is 0.271. The highest BCUT2D eigenvalue weighted by Crippen LogP contribution is 2.50. The molecule has 2 heterocycles. The number of carboxylic acid groups (broad SMARTS) is 1. The van der Waals surface area contributed by atoms with Gasteiger partial charge in [0.2, 0.25) is 5.91 Å². The Hall–Kier alpha value is -0.660. The van der Waals surface area contributed by atoms with Crippen molar-refractivity contribution in [3.8, 4) is 0 Å². The summed E-state index contributed by atoms with van der Waals surface area (Å²) in [5, 5.41) is 19.6. The van der Waals surface area contributed by atoms with Crippen LogP contribution in [0, 0.1) is 5.92 Å². The number of β-lactam (4-membered cyclic amide) rings is 1. The molecule has 16 heavy (non-hydrogen) atoms. The van der Waals surface area contributed by atoms with Gasteiger partial charge < -0.3 is 15.1 Å². The molecule has 7 heteroatoms. The first-order valence-corrected chi connectivity index (χ1v) is 6.12. The maximum Gasteiger partial charge on any atom is 0.331 e. The van der Waals surface area contributed by atoms with Gasteiger partial charge in [0.15, 0.2) is 6.04 Å². The monoisotopic (exact) mass is 261 g/mol. The van der Waals surface area contributed by atoms with Gasteiger partial charge >= 0.3 is 5.97 Å². The zero-order chi connectivity index (χ0) is 12.0. The molecule has 88 valence electrons. The summed E-state index contributed by atoms with van der Waals surface area (Å²) >= 11 is 5.23. The first-order valence-electron chi connectivity index (χ1n) is 4.73. The Morgan fingerprint density at radius 3 is 2.75 bits per heavy atom. The van der Waals surface area contributed by atoms with Gasteiger partial charge in [0.05, 0.1) is 17.4 Å². The number of carbonyl (C=O) groups is 2. The van der Waals surface area contributed by atoms with E-state index in [-0.39, 0.29) is 11.3 Å². The van der Waals surface area contributed by atoms with E-state index in [0.29, 0.717) is 4.91 Å². The Balaban J connectivity index is 2.28. The summed E-state index contributed by atoms with van der Waals surface area (Å²) in [6.45, 7) is 1.54. The van der Waals surface area contributed by atoms with Gasteiger partial charge in [0.25, 0.3) is 0 Å². The number of nitrogens with zero attached hydrogens (tertiary/aromatic N) is 1. The van der Waals surface area contributed by atoms with Gasteiger partial charge in [-0.3, -0.25) is 4.79 Å². The number of aliphatic hydroxyl groups is 1. The molecule has 0 bridgehead atoms. The van der Waals surface area contributed by atoms with E-state index in [1.54, 1.807) is 6.92 Å². The summed E-state index contributed by atoms with van der Waals surface area (Å²) in [5.74, 6) is -1.87. The predicted octanol–water partition coefficient (Wildman–Crippen LogP) is 0.123. The van der Waals surface area contributed by atoms with Crippen LogP contribution in [0.4, 0.5) is 0 Å². The maximum absolute atomic E-state index is 11.7. The van der Waals surface area contributed by atoms with Crippen molar-refractivity contribution in [2.75, 3.05) is 0 Å². The number of hydrogen-bond acceptors (Lipinski definition) is 5. The van der Waals surface area contributed by atoms with Crippen molar-refractivity contribution in [3.05, 3.63) is 10.3 Å². The summed E-state index contributed by atoms with van der Waals surface area (Å²) in [4.78, 5) is 24.6. The molecule has 1 amide bonds. The van der Waals surface area contributed by atoms with Crippen molar-refractivity contribution < 1.29 is 19.8 Å². The summed E-state index contributed by atoms with van der Waals surface area (Å²) < 4.78 is 0. The number of aliphatic carboxylic acids is 1. The molecule has 2 aliphatic rings. The SMILES string of the molecule is CC(O)C1C(=O)N2C(C(=O)O)/C(=C\S)SC12. The molecule has 0 radical (unpaired) electrons. The predicted molar refractivity (Wildman–Crippen MR) is 61.9 cm³/mol. The Labute approximate surface area is 102 Å². The molecular weight excluding hydrogens is 250 g/mol. The van der Waals surface area contributed by atoms with Crippen LogP contribution >= 0.6 is 24.4 Å². The third-order valence-electron chi connectivity index (χ3n) is 2.81. The van der Waals surface area contributed by atoms with Crippen LogP contribution < -0.4 is 0 Å². The summed E-state index contributed by atoms with van der Waals surface area (Å²) in [6.07, 6.45) is -0.755.